The first kappa shape index (κ1) is 16.0. The van der Waals surface area contributed by atoms with Gasteiger partial charge in [0.25, 0.3) is 0 Å². The Labute approximate surface area is 131 Å². The Hall–Kier alpha value is -1.38. The van der Waals surface area contributed by atoms with Crippen LogP contribution in [0.15, 0.2) is 36.4 Å². The quantitative estimate of drug-likeness (QED) is 0.827. The van der Waals surface area contributed by atoms with Gasteiger partial charge in [-0.15, -0.1) is 0 Å². The van der Waals surface area contributed by atoms with Gasteiger partial charge in [-0.1, -0.05) is 49.7 Å². The van der Waals surface area contributed by atoms with E-state index in [1.165, 1.54) is 17.2 Å². The van der Waals surface area contributed by atoms with E-state index in [1.807, 2.05) is 7.05 Å². The highest BCUT2D eigenvalue weighted by Crippen LogP contribution is 2.31. The van der Waals surface area contributed by atoms with Crippen molar-refractivity contribution in [3.05, 3.63) is 69.5 Å². The molecule has 1 N–H and O–H groups in total. The average Bonchev–Trinajstić information content (AvgIpc) is 2.50. The average molecular weight is 306 g/mol. The van der Waals surface area contributed by atoms with Gasteiger partial charge in [-0.25, -0.2) is 4.39 Å². The second kappa shape index (κ2) is 7.06. The van der Waals surface area contributed by atoms with Gasteiger partial charge in [-0.3, -0.25) is 0 Å². The molecule has 1 unspecified atom stereocenters. The molecule has 2 aromatic carbocycles. The first-order valence-corrected chi connectivity index (χ1v) is 7.73. The number of halogens is 2. The van der Waals surface area contributed by atoms with Gasteiger partial charge in [0.05, 0.1) is 6.04 Å². The zero-order valence-corrected chi connectivity index (χ0v) is 13.5. The van der Waals surface area contributed by atoms with Crippen LogP contribution in [0.25, 0.3) is 0 Å². The van der Waals surface area contributed by atoms with Crippen molar-refractivity contribution >= 4 is 11.6 Å². The smallest absolute Gasteiger partial charge is 0.129 e. The molecule has 0 bridgehead atoms. The van der Waals surface area contributed by atoms with Gasteiger partial charge in [0.15, 0.2) is 0 Å². The number of nitrogens with one attached hydrogen (secondary N) is 1. The fourth-order valence-corrected chi connectivity index (χ4v) is 3.04. The van der Waals surface area contributed by atoms with E-state index in [4.69, 9.17) is 11.6 Å². The van der Waals surface area contributed by atoms with Crippen molar-refractivity contribution in [1.82, 2.24) is 5.32 Å². The molecule has 112 valence electrons. The summed E-state index contributed by atoms with van der Waals surface area (Å²) in [7, 11) is 1.83. The summed E-state index contributed by atoms with van der Waals surface area (Å²) in [6.45, 7) is 4.29. The zero-order valence-electron chi connectivity index (χ0n) is 12.7. The number of aryl methyl sites for hydroxylation is 2. The van der Waals surface area contributed by atoms with Crippen LogP contribution < -0.4 is 5.32 Å². The van der Waals surface area contributed by atoms with Crippen LogP contribution in [0.5, 0.6) is 0 Å². The third kappa shape index (κ3) is 3.28. The SMILES string of the molecule is CCc1ccc(C(NC)c2c(F)cccc2Cl)cc1CC. The van der Waals surface area contributed by atoms with E-state index in [1.54, 1.807) is 12.1 Å². The van der Waals surface area contributed by atoms with Crippen LogP contribution in [0.3, 0.4) is 0 Å². The van der Waals surface area contributed by atoms with Crippen molar-refractivity contribution in [3.63, 3.8) is 0 Å². The van der Waals surface area contributed by atoms with Crippen molar-refractivity contribution in [2.24, 2.45) is 0 Å². The number of rotatable bonds is 5. The third-order valence-electron chi connectivity index (χ3n) is 3.90. The summed E-state index contributed by atoms with van der Waals surface area (Å²) in [6, 6.07) is 10.9. The van der Waals surface area contributed by atoms with E-state index in [0.717, 1.165) is 18.4 Å². The number of hydrogen-bond acceptors (Lipinski definition) is 1. The monoisotopic (exact) mass is 305 g/mol. The van der Waals surface area contributed by atoms with E-state index < -0.39 is 0 Å². The van der Waals surface area contributed by atoms with Crippen LogP contribution in [-0.4, -0.2) is 7.05 Å². The minimum atomic E-state index is -0.278. The maximum atomic E-state index is 14.2. The summed E-state index contributed by atoms with van der Waals surface area (Å²) in [5.74, 6) is -0.278. The first-order valence-electron chi connectivity index (χ1n) is 7.35. The van der Waals surface area contributed by atoms with Crippen molar-refractivity contribution in [1.29, 1.82) is 0 Å². The van der Waals surface area contributed by atoms with Gasteiger partial charge in [-0.2, -0.15) is 0 Å². The highest BCUT2D eigenvalue weighted by molar-refractivity contribution is 6.31. The summed E-state index contributed by atoms with van der Waals surface area (Å²) < 4.78 is 14.2. The molecule has 0 saturated carbocycles. The van der Waals surface area contributed by atoms with E-state index in [0.29, 0.717) is 10.6 Å². The normalized spacial score (nSPS) is 12.4. The van der Waals surface area contributed by atoms with Crippen LogP contribution in [0.4, 0.5) is 4.39 Å². The summed E-state index contributed by atoms with van der Waals surface area (Å²) >= 11 is 6.21. The van der Waals surface area contributed by atoms with E-state index in [2.05, 4.69) is 37.4 Å². The summed E-state index contributed by atoms with van der Waals surface area (Å²) in [5.41, 5.74) is 4.20. The molecule has 0 spiro atoms. The van der Waals surface area contributed by atoms with Gasteiger partial charge in [0.2, 0.25) is 0 Å². The Morgan fingerprint density at radius 2 is 1.81 bits per heavy atom. The molecule has 0 aliphatic carbocycles. The molecule has 0 aliphatic rings. The molecule has 0 heterocycles. The molecular formula is C18H21ClFN. The summed E-state index contributed by atoms with van der Waals surface area (Å²) in [5, 5.41) is 3.63. The van der Waals surface area contributed by atoms with Crippen molar-refractivity contribution in [2.75, 3.05) is 7.05 Å². The fraction of sp³-hybridized carbons (Fsp3) is 0.333. The predicted octanol–water partition coefficient (Wildman–Crippen LogP) is 4.91. The van der Waals surface area contributed by atoms with Crippen molar-refractivity contribution < 1.29 is 4.39 Å². The van der Waals surface area contributed by atoms with Gasteiger partial charge in [0, 0.05) is 10.6 Å². The molecule has 0 aliphatic heterocycles. The Morgan fingerprint density at radius 3 is 2.38 bits per heavy atom. The molecule has 0 amide bonds. The lowest BCUT2D eigenvalue weighted by atomic mass is 9.93. The fourth-order valence-electron chi connectivity index (χ4n) is 2.76. The lowest BCUT2D eigenvalue weighted by Crippen LogP contribution is -2.20. The largest absolute Gasteiger partial charge is 0.309 e. The standard InChI is InChI=1S/C18H21ClFN/c1-4-12-9-10-14(11-13(12)5-2)18(21-3)17-15(19)7-6-8-16(17)20/h6-11,18,21H,4-5H2,1-3H3. The first-order chi connectivity index (χ1) is 10.1. The molecular weight excluding hydrogens is 285 g/mol. The predicted molar refractivity (Wildman–Crippen MR) is 87.5 cm³/mol. The van der Waals surface area contributed by atoms with Crippen molar-refractivity contribution in [2.45, 2.75) is 32.7 Å². The highest BCUT2D eigenvalue weighted by Gasteiger charge is 2.20. The summed E-state index contributed by atoms with van der Waals surface area (Å²) in [6.07, 6.45) is 1.98. The highest BCUT2D eigenvalue weighted by atomic mass is 35.5. The van der Waals surface area contributed by atoms with E-state index in [-0.39, 0.29) is 11.9 Å². The molecule has 3 heteroatoms. The Kier molecular flexibility index (Phi) is 5.38. The van der Waals surface area contributed by atoms with Crippen LogP contribution in [0.1, 0.15) is 42.1 Å². The van der Waals surface area contributed by atoms with E-state index >= 15 is 0 Å². The molecule has 0 saturated heterocycles. The molecule has 0 fully saturated rings. The maximum Gasteiger partial charge on any atom is 0.129 e. The molecule has 2 rings (SSSR count). The van der Waals surface area contributed by atoms with E-state index in [9.17, 15) is 4.39 Å². The molecule has 0 aromatic heterocycles. The molecule has 2 aromatic rings. The lowest BCUT2D eigenvalue weighted by Gasteiger charge is -2.21. The van der Waals surface area contributed by atoms with Crippen LogP contribution in [0.2, 0.25) is 5.02 Å². The Balaban J connectivity index is 2.51. The van der Waals surface area contributed by atoms with Gasteiger partial charge >= 0.3 is 0 Å². The Bertz CT molecular complexity index is 604. The second-order valence-corrected chi connectivity index (χ2v) is 5.50. The lowest BCUT2D eigenvalue weighted by molar-refractivity contribution is 0.576. The topological polar surface area (TPSA) is 12.0 Å². The molecule has 1 atom stereocenters. The molecule has 0 radical (unpaired) electrons. The van der Waals surface area contributed by atoms with Gasteiger partial charge < -0.3 is 5.32 Å². The second-order valence-electron chi connectivity index (χ2n) is 5.09. The van der Waals surface area contributed by atoms with Crippen molar-refractivity contribution in [3.8, 4) is 0 Å². The van der Waals surface area contributed by atoms with Crippen LogP contribution in [0, 0.1) is 5.82 Å². The minimum absolute atomic E-state index is 0.241. The molecule has 21 heavy (non-hydrogen) atoms. The van der Waals surface area contributed by atoms with Gasteiger partial charge in [-0.05, 0) is 48.7 Å². The third-order valence-corrected chi connectivity index (χ3v) is 4.23. The van der Waals surface area contributed by atoms with Crippen LogP contribution >= 0.6 is 11.6 Å². The Morgan fingerprint density at radius 1 is 1.10 bits per heavy atom. The van der Waals surface area contributed by atoms with Crippen LogP contribution in [-0.2, 0) is 12.8 Å². The number of hydrogen-bond donors (Lipinski definition) is 1. The number of benzene rings is 2. The minimum Gasteiger partial charge on any atom is -0.309 e. The maximum absolute atomic E-state index is 14.2. The summed E-state index contributed by atoms with van der Waals surface area (Å²) in [4.78, 5) is 0. The molecule has 1 nitrogen and oxygen atoms in total. The zero-order chi connectivity index (χ0) is 15.4. The van der Waals surface area contributed by atoms with Gasteiger partial charge in [0.1, 0.15) is 5.82 Å².